The highest BCUT2D eigenvalue weighted by molar-refractivity contribution is 8.16. The highest BCUT2D eigenvalue weighted by atomic mass is 32.2. The van der Waals surface area contributed by atoms with Gasteiger partial charge in [-0.3, -0.25) is 9.59 Å². The molecule has 1 amide bonds. The van der Waals surface area contributed by atoms with Gasteiger partial charge >= 0.3 is 11.9 Å². The Balaban J connectivity index is 1.68. The molecule has 11 heteroatoms. The van der Waals surface area contributed by atoms with Crippen LogP contribution in [0.3, 0.4) is 0 Å². The summed E-state index contributed by atoms with van der Waals surface area (Å²) in [5.74, 6) is -0.274. The second-order valence-corrected chi connectivity index (χ2v) is 10.3. The fourth-order valence-corrected chi connectivity index (χ4v) is 6.15. The van der Waals surface area contributed by atoms with Gasteiger partial charge in [0, 0.05) is 24.4 Å². The number of rotatable bonds is 10. The molecule has 0 aliphatic carbocycles. The highest BCUT2D eigenvalue weighted by Crippen LogP contribution is 2.48. The van der Waals surface area contributed by atoms with Crippen molar-refractivity contribution >= 4 is 34.8 Å². The van der Waals surface area contributed by atoms with Crippen LogP contribution in [-0.2, 0) is 23.9 Å². The molecule has 1 aromatic carbocycles. The van der Waals surface area contributed by atoms with Crippen molar-refractivity contribution in [1.29, 1.82) is 0 Å². The van der Waals surface area contributed by atoms with Gasteiger partial charge in [-0.25, -0.2) is 9.79 Å². The first-order chi connectivity index (χ1) is 19.3. The minimum Gasteiger partial charge on any atom is -0.493 e. The zero-order valence-electron chi connectivity index (χ0n) is 23.3. The standard InChI is InChI=1S/C29H35N3O7S/c1-6-14-39-28(35)24-18(3)30-29-32(25(24)21-11-8-12-22(36-4)26(21)37-5)20(17-40-29)15-23(33)31-13-9-10-19(16-31)27(34)38-7-2/h6,8,11-12,17,19,25H,1,7,9-10,13-16H2,2-5H3/t19-,25-/m0/s1. The van der Waals surface area contributed by atoms with Crippen LogP contribution < -0.4 is 9.47 Å². The summed E-state index contributed by atoms with van der Waals surface area (Å²) < 4.78 is 22.0. The van der Waals surface area contributed by atoms with Gasteiger partial charge in [0.15, 0.2) is 16.7 Å². The van der Waals surface area contributed by atoms with Crippen LogP contribution in [0.1, 0.15) is 44.7 Å². The molecule has 214 valence electrons. The Bertz CT molecular complexity index is 1270. The summed E-state index contributed by atoms with van der Waals surface area (Å²) in [6, 6.07) is 4.78. The Hall–Kier alpha value is -3.73. The summed E-state index contributed by atoms with van der Waals surface area (Å²) in [5.41, 5.74) is 2.19. The number of aliphatic imine (C=N–C) groups is 1. The lowest BCUT2D eigenvalue weighted by Crippen LogP contribution is -2.44. The van der Waals surface area contributed by atoms with Crippen molar-refractivity contribution in [2.45, 2.75) is 39.2 Å². The van der Waals surface area contributed by atoms with E-state index in [1.807, 2.05) is 22.4 Å². The van der Waals surface area contributed by atoms with E-state index >= 15 is 0 Å². The largest absolute Gasteiger partial charge is 0.493 e. The number of likely N-dealkylation sites (tertiary alicyclic amines) is 1. The predicted molar refractivity (Wildman–Crippen MR) is 152 cm³/mol. The number of ether oxygens (including phenoxy) is 4. The molecule has 1 fully saturated rings. The molecule has 4 rings (SSSR count). The second kappa shape index (κ2) is 13.1. The lowest BCUT2D eigenvalue weighted by molar-refractivity contribution is -0.151. The molecule has 1 aromatic rings. The van der Waals surface area contributed by atoms with E-state index in [1.165, 1.54) is 17.8 Å². The minimum atomic E-state index is -0.683. The predicted octanol–water partition coefficient (Wildman–Crippen LogP) is 4.20. The lowest BCUT2D eigenvalue weighted by atomic mass is 9.92. The molecular formula is C29H35N3O7S. The number of para-hydroxylation sites is 1. The maximum Gasteiger partial charge on any atom is 0.338 e. The number of hydrogen-bond acceptors (Lipinski definition) is 10. The third-order valence-corrected chi connectivity index (χ3v) is 7.90. The van der Waals surface area contributed by atoms with Crippen LogP contribution in [-0.4, -0.2) is 73.3 Å². The molecule has 3 aliphatic rings. The first-order valence-corrected chi connectivity index (χ1v) is 14.1. The summed E-state index contributed by atoms with van der Waals surface area (Å²) in [4.78, 5) is 47.6. The van der Waals surface area contributed by atoms with Crippen molar-refractivity contribution in [2.75, 3.05) is 40.5 Å². The van der Waals surface area contributed by atoms with Gasteiger partial charge in [0.05, 0.1) is 50.5 Å². The van der Waals surface area contributed by atoms with Crippen molar-refractivity contribution in [3.8, 4) is 11.5 Å². The topological polar surface area (TPSA) is 107 Å². The number of benzene rings is 1. The van der Waals surface area contributed by atoms with E-state index in [0.29, 0.717) is 65.3 Å². The fraction of sp³-hybridized carbons (Fsp3) is 0.448. The van der Waals surface area contributed by atoms with Crippen molar-refractivity contribution in [3.05, 3.63) is 58.8 Å². The van der Waals surface area contributed by atoms with Gasteiger partial charge in [0.1, 0.15) is 6.61 Å². The first kappa shape index (κ1) is 29.3. The van der Waals surface area contributed by atoms with Gasteiger partial charge < -0.3 is 28.7 Å². The highest BCUT2D eigenvalue weighted by Gasteiger charge is 2.43. The number of methoxy groups -OCH3 is 2. The summed E-state index contributed by atoms with van der Waals surface area (Å²) in [6.07, 6.45) is 3.00. The number of thioether (sulfide) groups is 1. The first-order valence-electron chi connectivity index (χ1n) is 13.2. The van der Waals surface area contributed by atoms with Crippen LogP contribution in [0, 0.1) is 5.92 Å². The molecule has 0 radical (unpaired) electrons. The monoisotopic (exact) mass is 569 g/mol. The molecule has 2 atom stereocenters. The normalized spacial score (nSPS) is 20.3. The summed E-state index contributed by atoms with van der Waals surface area (Å²) in [7, 11) is 3.09. The molecular weight excluding hydrogens is 534 g/mol. The Morgan fingerprint density at radius 3 is 2.70 bits per heavy atom. The van der Waals surface area contributed by atoms with Gasteiger partial charge in [0.2, 0.25) is 5.91 Å². The third-order valence-electron chi connectivity index (χ3n) is 7.01. The third kappa shape index (κ3) is 5.89. The number of piperidine rings is 1. The maximum atomic E-state index is 13.5. The van der Waals surface area contributed by atoms with E-state index in [1.54, 1.807) is 39.0 Å². The number of amides is 1. The molecule has 1 saturated heterocycles. The molecule has 0 N–H and O–H groups in total. The molecule has 3 heterocycles. The number of carbonyl (C=O) groups excluding carboxylic acids is 3. The molecule has 0 spiro atoms. The Labute approximate surface area is 238 Å². The molecule has 0 aromatic heterocycles. The zero-order valence-corrected chi connectivity index (χ0v) is 24.1. The van der Waals surface area contributed by atoms with Gasteiger partial charge in [-0.2, -0.15) is 0 Å². The van der Waals surface area contributed by atoms with E-state index in [4.69, 9.17) is 23.9 Å². The average molecular weight is 570 g/mol. The SMILES string of the molecule is C=CCOC(=O)C1=C(C)N=C2SC=C(CC(=O)N3CCC[C@H](C(=O)OCC)C3)N2[C@H]1c1cccc(OC)c1OC. The quantitative estimate of drug-likeness (QED) is 0.303. The van der Waals surface area contributed by atoms with Crippen molar-refractivity contribution in [1.82, 2.24) is 9.80 Å². The summed E-state index contributed by atoms with van der Waals surface area (Å²) in [6.45, 7) is 8.43. The van der Waals surface area contributed by atoms with Gasteiger partial charge in [-0.1, -0.05) is 36.5 Å². The number of hydrogen-bond donors (Lipinski definition) is 0. The lowest BCUT2D eigenvalue weighted by Gasteiger charge is -2.37. The Morgan fingerprint density at radius 1 is 1.20 bits per heavy atom. The van der Waals surface area contributed by atoms with E-state index in [9.17, 15) is 14.4 Å². The number of esters is 2. The molecule has 40 heavy (non-hydrogen) atoms. The molecule has 10 nitrogen and oxygen atoms in total. The van der Waals surface area contributed by atoms with Crippen LogP contribution >= 0.6 is 11.8 Å². The number of carbonyl (C=O) groups is 3. The van der Waals surface area contributed by atoms with E-state index < -0.39 is 12.0 Å². The van der Waals surface area contributed by atoms with Crippen molar-refractivity contribution < 1.29 is 33.3 Å². The van der Waals surface area contributed by atoms with Crippen molar-refractivity contribution in [2.24, 2.45) is 10.9 Å². The molecule has 0 unspecified atom stereocenters. The number of amidine groups is 1. The zero-order chi connectivity index (χ0) is 28.8. The van der Waals surface area contributed by atoms with Crippen LogP contribution in [0.5, 0.6) is 11.5 Å². The average Bonchev–Trinajstić information content (AvgIpc) is 3.36. The number of allylic oxidation sites excluding steroid dienone is 1. The maximum absolute atomic E-state index is 13.5. The van der Waals surface area contributed by atoms with E-state index in [2.05, 4.69) is 6.58 Å². The minimum absolute atomic E-state index is 0.0423. The molecule has 0 saturated carbocycles. The van der Waals surface area contributed by atoms with Gasteiger partial charge in [0.25, 0.3) is 0 Å². The van der Waals surface area contributed by atoms with Crippen LogP contribution in [0.25, 0.3) is 0 Å². The number of nitrogens with zero attached hydrogens (tertiary/aromatic N) is 3. The fourth-order valence-electron chi connectivity index (χ4n) is 5.19. The molecule has 0 bridgehead atoms. The molecule has 3 aliphatic heterocycles. The Kier molecular flexibility index (Phi) is 9.57. The van der Waals surface area contributed by atoms with Gasteiger partial charge in [-0.05, 0) is 38.2 Å². The summed E-state index contributed by atoms with van der Waals surface area (Å²) in [5, 5.41) is 2.52. The van der Waals surface area contributed by atoms with Crippen LogP contribution in [0.15, 0.2) is 58.2 Å². The smallest absolute Gasteiger partial charge is 0.338 e. The van der Waals surface area contributed by atoms with Crippen molar-refractivity contribution in [3.63, 3.8) is 0 Å². The number of fused-ring (bicyclic) bond motifs is 1. The van der Waals surface area contributed by atoms with Gasteiger partial charge in [-0.15, -0.1) is 0 Å². The summed E-state index contributed by atoms with van der Waals surface area (Å²) >= 11 is 1.39. The Morgan fingerprint density at radius 2 is 2.00 bits per heavy atom. The van der Waals surface area contributed by atoms with E-state index in [-0.39, 0.29) is 30.8 Å². The van der Waals surface area contributed by atoms with Crippen LogP contribution in [0.4, 0.5) is 0 Å². The van der Waals surface area contributed by atoms with Crippen LogP contribution in [0.2, 0.25) is 0 Å². The second-order valence-electron chi connectivity index (χ2n) is 9.47. The van der Waals surface area contributed by atoms with E-state index in [0.717, 1.165) is 6.42 Å².